The summed E-state index contributed by atoms with van der Waals surface area (Å²) in [5, 5.41) is 0.846. The fourth-order valence-electron chi connectivity index (χ4n) is 2.68. The number of carbonyl (C=O) groups is 3. The first-order valence-corrected chi connectivity index (χ1v) is 9.25. The highest BCUT2D eigenvalue weighted by Gasteiger charge is 2.22. The van der Waals surface area contributed by atoms with Crippen LogP contribution in [0.25, 0.3) is 0 Å². The minimum atomic E-state index is -0.158. The number of hydrogen-bond donors (Lipinski definition) is 0. The number of rotatable bonds is 6. The van der Waals surface area contributed by atoms with Crippen LogP contribution < -0.4 is 4.74 Å². The number of carbonyl (C=O) groups excluding carboxylic acids is 3. The van der Waals surface area contributed by atoms with Crippen LogP contribution in [0.2, 0.25) is 10.0 Å². The van der Waals surface area contributed by atoms with E-state index < -0.39 is 0 Å². The lowest BCUT2D eigenvalue weighted by Gasteiger charge is -2.22. The Labute approximate surface area is 163 Å². The molecule has 1 aromatic carbocycles. The van der Waals surface area contributed by atoms with Crippen molar-refractivity contribution in [2.45, 2.75) is 26.2 Å². The molecule has 1 heterocycles. The molecule has 0 aromatic heterocycles. The standard InChI is InChI=1S/C18H22Cl2N2O4/c1-13(23)3-6-17(24)21-7-2-8-22(10-9-21)18(25)12-26-16-5-4-14(19)11-15(16)20/h4-5,11H,2-3,6-10,12H2,1H3. The molecule has 0 unspecified atom stereocenters. The number of hydrogen-bond acceptors (Lipinski definition) is 4. The smallest absolute Gasteiger partial charge is 0.260 e. The Bertz CT molecular complexity index is 681. The van der Waals surface area contributed by atoms with E-state index in [-0.39, 0.29) is 37.0 Å². The third-order valence-corrected chi connectivity index (χ3v) is 4.67. The molecule has 0 atom stereocenters. The molecular weight excluding hydrogens is 379 g/mol. The maximum Gasteiger partial charge on any atom is 0.260 e. The SMILES string of the molecule is CC(=O)CCC(=O)N1CCCN(C(=O)COc2ccc(Cl)cc2Cl)CC1. The monoisotopic (exact) mass is 400 g/mol. The van der Waals surface area contributed by atoms with Gasteiger partial charge >= 0.3 is 0 Å². The molecule has 0 bridgehead atoms. The van der Waals surface area contributed by atoms with E-state index in [9.17, 15) is 14.4 Å². The molecule has 8 heteroatoms. The number of amides is 2. The normalized spacial score (nSPS) is 14.7. The van der Waals surface area contributed by atoms with Crippen molar-refractivity contribution in [3.8, 4) is 5.75 Å². The van der Waals surface area contributed by atoms with Crippen LogP contribution in [0, 0.1) is 0 Å². The van der Waals surface area contributed by atoms with Crippen molar-refractivity contribution in [2.24, 2.45) is 0 Å². The molecule has 0 saturated carbocycles. The topological polar surface area (TPSA) is 66.9 Å². The molecule has 26 heavy (non-hydrogen) atoms. The van der Waals surface area contributed by atoms with Gasteiger partial charge in [0.2, 0.25) is 5.91 Å². The molecule has 2 amide bonds. The van der Waals surface area contributed by atoms with Gasteiger partial charge in [-0.25, -0.2) is 0 Å². The zero-order chi connectivity index (χ0) is 19.1. The summed E-state index contributed by atoms with van der Waals surface area (Å²) in [6.07, 6.45) is 1.17. The van der Waals surface area contributed by atoms with Gasteiger partial charge in [0.25, 0.3) is 5.91 Å². The van der Waals surface area contributed by atoms with Crippen molar-refractivity contribution in [1.82, 2.24) is 9.80 Å². The zero-order valence-corrected chi connectivity index (χ0v) is 16.2. The summed E-state index contributed by atoms with van der Waals surface area (Å²) < 4.78 is 5.49. The largest absolute Gasteiger partial charge is 0.482 e. The molecule has 1 saturated heterocycles. The average molecular weight is 401 g/mol. The highest BCUT2D eigenvalue weighted by molar-refractivity contribution is 6.35. The summed E-state index contributed by atoms with van der Waals surface area (Å²) in [5.74, 6) is 0.205. The Morgan fingerprint density at radius 1 is 1.00 bits per heavy atom. The van der Waals surface area contributed by atoms with E-state index in [1.54, 1.807) is 28.0 Å². The van der Waals surface area contributed by atoms with Crippen LogP contribution in [-0.4, -0.2) is 60.2 Å². The molecule has 0 radical (unpaired) electrons. The van der Waals surface area contributed by atoms with E-state index in [0.29, 0.717) is 48.4 Å². The van der Waals surface area contributed by atoms with Crippen LogP contribution >= 0.6 is 23.2 Å². The first-order chi connectivity index (χ1) is 12.4. The van der Waals surface area contributed by atoms with Gasteiger partial charge < -0.3 is 19.3 Å². The minimum absolute atomic E-state index is 0.00276. The Morgan fingerprint density at radius 2 is 1.65 bits per heavy atom. The van der Waals surface area contributed by atoms with Crippen molar-refractivity contribution in [3.63, 3.8) is 0 Å². The highest BCUT2D eigenvalue weighted by Crippen LogP contribution is 2.27. The lowest BCUT2D eigenvalue weighted by molar-refractivity contribution is -0.135. The van der Waals surface area contributed by atoms with Crippen molar-refractivity contribution in [1.29, 1.82) is 0 Å². The van der Waals surface area contributed by atoms with E-state index in [2.05, 4.69) is 0 Å². The summed E-state index contributed by atoms with van der Waals surface area (Å²) in [7, 11) is 0. The van der Waals surface area contributed by atoms with Gasteiger partial charge in [0.1, 0.15) is 11.5 Å². The number of Topliss-reactive ketones (excluding diaryl/α,β-unsaturated/α-hetero) is 1. The molecule has 1 aliphatic heterocycles. The molecule has 1 fully saturated rings. The highest BCUT2D eigenvalue weighted by atomic mass is 35.5. The maximum atomic E-state index is 12.4. The van der Waals surface area contributed by atoms with Crippen LogP contribution in [0.5, 0.6) is 5.75 Å². The molecule has 142 valence electrons. The first-order valence-electron chi connectivity index (χ1n) is 8.49. The summed E-state index contributed by atoms with van der Waals surface area (Å²) in [5.41, 5.74) is 0. The lowest BCUT2D eigenvalue weighted by Crippen LogP contribution is -2.39. The Morgan fingerprint density at radius 3 is 2.27 bits per heavy atom. The third kappa shape index (κ3) is 6.18. The third-order valence-electron chi connectivity index (χ3n) is 4.14. The summed E-state index contributed by atoms with van der Waals surface area (Å²) >= 11 is 11.9. The Kier molecular flexibility index (Phi) is 7.72. The molecule has 1 aliphatic rings. The quantitative estimate of drug-likeness (QED) is 0.735. The summed E-state index contributed by atoms with van der Waals surface area (Å²) in [4.78, 5) is 38.9. The number of halogens is 2. The molecule has 6 nitrogen and oxygen atoms in total. The van der Waals surface area contributed by atoms with Gasteiger partial charge in [0, 0.05) is 44.0 Å². The van der Waals surface area contributed by atoms with Crippen molar-refractivity contribution in [2.75, 3.05) is 32.8 Å². The summed E-state index contributed by atoms with van der Waals surface area (Å²) in [6, 6.07) is 4.82. The zero-order valence-electron chi connectivity index (χ0n) is 14.7. The van der Waals surface area contributed by atoms with E-state index in [4.69, 9.17) is 27.9 Å². The minimum Gasteiger partial charge on any atom is -0.482 e. The van der Waals surface area contributed by atoms with E-state index in [0.717, 1.165) is 0 Å². The van der Waals surface area contributed by atoms with Gasteiger partial charge in [-0.1, -0.05) is 23.2 Å². The first kappa shape index (κ1) is 20.5. The predicted molar refractivity (Wildman–Crippen MR) is 99.6 cm³/mol. The van der Waals surface area contributed by atoms with E-state index in [1.165, 1.54) is 6.92 Å². The van der Waals surface area contributed by atoms with Gasteiger partial charge in [0.05, 0.1) is 5.02 Å². The number of ketones is 1. The van der Waals surface area contributed by atoms with E-state index >= 15 is 0 Å². The van der Waals surface area contributed by atoms with Crippen LogP contribution in [0.3, 0.4) is 0 Å². The average Bonchev–Trinajstić information content (AvgIpc) is 2.85. The maximum absolute atomic E-state index is 12.4. The van der Waals surface area contributed by atoms with Crippen molar-refractivity contribution < 1.29 is 19.1 Å². The fraction of sp³-hybridized carbons (Fsp3) is 0.500. The molecule has 0 aliphatic carbocycles. The van der Waals surface area contributed by atoms with Crippen molar-refractivity contribution >= 4 is 40.8 Å². The molecule has 0 spiro atoms. The molecular formula is C18H22Cl2N2O4. The van der Waals surface area contributed by atoms with Gasteiger partial charge in [-0.2, -0.15) is 0 Å². The lowest BCUT2D eigenvalue weighted by atomic mass is 10.2. The Balaban J connectivity index is 1.83. The summed E-state index contributed by atoms with van der Waals surface area (Å²) in [6.45, 7) is 3.41. The second-order valence-corrected chi connectivity index (χ2v) is 7.02. The van der Waals surface area contributed by atoms with Gasteiger partial charge in [-0.3, -0.25) is 9.59 Å². The van der Waals surface area contributed by atoms with Gasteiger partial charge in [-0.15, -0.1) is 0 Å². The molecule has 2 rings (SSSR count). The fourth-order valence-corrected chi connectivity index (χ4v) is 3.14. The number of ether oxygens (including phenoxy) is 1. The van der Waals surface area contributed by atoms with Crippen LogP contribution in [0.1, 0.15) is 26.2 Å². The van der Waals surface area contributed by atoms with Crippen LogP contribution in [-0.2, 0) is 14.4 Å². The second-order valence-electron chi connectivity index (χ2n) is 6.18. The van der Waals surface area contributed by atoms with E-state index in [1.807, 2.05) is 0 Å². The van der Waals surface area contributed by atoms with Crippen LogP contribution in [0.4, 0.5) is 0 Å². The predicted octanol–water partition coefficient (Wildman–Crippen LogP) is 2.80. The van der Waals surface area contributed by atoms with Gasteiger partial charge in [0.15, 0.2) is 6.61 Å². The van der Waals surface area contributed by atoms with Crippen molar-refractivity contribution in [3.05, 3.63) is 28.2 Å². The Hall–Kier alpha value is -1.79. The number of nitrogens with zero attached hydrogens (tertiary/aromatic N) is 2. The van der Waals surface area contributed by atoms with Crippen LogP contribution in [0.15, 0.2) is 18.2 Å². The van der Waals surface area contributed by atoms with Gasteiger partial charge in [-0.05, 0) is 31.5 Å². The molecule has 0 N–H and O–H groups in total. The second kappa shape index (κ2) is 9.78. The molecule has 1 aromatic rings. The number of benzene rings is 1.